The van der Waals surface area contributed by atoms with Crippen molar-refractivity contribution in [2.75, 3.05) is 11.1 Å². The van der Waals surface area contributed by atoms with Crippen molar-refractivity contribution in [1.82, 2.24) is 14.6 Å². The summed E-state index contributed by atoms with van der Waals surface area (Å²) in [5.74, 6) is -0.316. The zero-order valence-corrected chi connectivity index (χ0v) is 11.7. The number of thioether (sulfide) groups is 1. The third-order valence-electron chi connectivity index (χ3n) is 2.74. The molecular formula is C14H11FN4OS. The van der Waals surface area contributed by atoms with Crippen LogP contribution < -0.4 is 5.32 Å². The summed E-state index contributed by atoms with van der Waals surface area (Å²) in [6, 6.07) is 11.2. The number of benzene rings is 1. The van der Waals surface area contributed by atoms with Crippen molar-refractivity contribution in [3.8, 4) is 0 Å². The standard InChI is InChI=1S/C14H11FN4OS/c15-10-4-6-11(7-5-10)16-13(20)9-21-14-18-17-12-3-1-2-8-19(12)14/h1-8H,9H2,(H,16,20). The predicted molar refractivity (Wildman–Crippen MR) is 78.7 cm³/mol. The second-order valence-corrected chi connectivity index (χ2v) is 5.20. The number of rotatable bonds is 4. The van der Waals surface area contributed by atoms with E-state index in [4.69, 9.17) is 0 Å². The molecule has 0 aliphatic heterocycles. The summed E-state index contributed by atoms with van der Waals surface area (Å²) in [6.07, 6.45) is 1.84. The van der Waals surface area contributed by atoms with Gasteiger partial charge in [0.1, 0.15) is 5.82 Å². The quantitative estimate of drug-likeness (QED) is 0.753. The van der Waals surface area contributed by atoms with Crippen molar-refractivity contribution < 1.29 is 9.18 Å². The van der Waals surface area contributed by atoms with Crippen LogP contribution in [0.1, 0.15) is 0 Å². The summed E-state index contributed by atoms with van der Waals surface area (Å²) < 4.78 is 14.6. The van der Waals surface area contributed by atoms with Crippen molar-refractivity contribution in [2.24, 2.45) is 0 Å². The number of fused-ring (bicyclic) bond motifs is 1. The molecule has 2 aromatic heterocycles. The highest BCUT2D eigenvalue weighted by Gasteiger charge is 2.09. The zero-order valence-electron chi connectivity index (χ0n) is 10.9. The first-order valence-electron chi connectivity index (χ1n) is 6.20. The smallest absolute Gasteiger partial charge is 0.234 e. The average Bonchev–Trinajstić information content (AvgIpc) is 2.91. The SMILES string of the molecule is O=C(CSc1nnc2ccccn12)Nc1ccc(F)cc1. The molecule has 1 aromatic carbocycles. The largest absolute Gasteiger partial charge is 0.325 e. The first-order chi connectivity index (χ1) is 10.2. The maximum absolute atomic E-state index is 12.8. The van der Waals surface area contributed by atoms with Crippen LogP contribution in [0.4, 0.5) is 10.1 Å². The Kier molecular flexibility index (Phi) is 3.83. The number of halogens is 1. The molecular weight excluding hydrogens is 291 g/mol. The Balaban J connectivity index is 1.62. The molecule has 3 aromatic rings. The van der Waals surface area contributed by atoms with Crippen molar-refractivity contribution in [3.05, 3.63) is 54.5 Å². The summed E-state index contributed by atoms with van der Waals surface area (Å²) >= 11 is 1.29. The van der Waals surface area contributed by atoms with Gasteiger partial charge in [0.15, 0.2) is 10.8 Å². The molecule has 0 unspecified atom stereocenters. The van der Waals surface area contributed by atoms with E-state index in [0.29, 0.717) is 10.8 Å². The monoisotopic (exact) mass is 302 g/mol. The van der Waals surface area contributed by atoms with Crippen molar-refractivity contribution >= 4 is 29.0 Å². The van der Waals surface area contributed by atoms with Crippen LogP contribution >= 0.6 is 11.8 Å². The minimum Gasteiger partial charge on any atom is -0.325 e. The van der Waals surface area contributed by atoms with Gasteiger partial charge < -0.3 is 5.32 Å². The fourth-order valence-electron chi connectivity index (χ4n) is 1.78. The van der Waals surface area contributed by atoms with E-state index < -0.39 is 0 Å². The molecule has 0 saturated carbocycles. The first kappa shape index (κ1) is 13.6. The lowest BCUT2D eigenvalue weighted by Gasteiger charge is -2.04. The normalized spacial score (nSPS) is 10.7. The molecule has 3 rings (SSSR count). The number of carbonyl (C=O) groups excluding carboxylic acids is 1. The Morgan fingerprint density at radius 1 is 1.19 bits per heavy atom. The number of nitrogens with one attached hydrogen (secondary N) is 1. The van der Waals surface area contributed by atoms with Crippen LogP contribution in [-0.2, 0) is 4.79 Å². The van der Waals surface area contributed by atoms with Gasteiger partial charge in [-0.05, 0) is 36.4 Å². The molecule has 106 valence electrons. The highest BCUT2D eigenvalue weighted by molar-refractivity contribution is 7.99. The average molecular weight is 302 g/mol. The lowest BCUT2D eigenvalue weighted by Crippen LogP contribution is -2.14. The van der Waals surface area contributed by atoms with Crippen LogP contribution in [0.3, 0.4) is 0 Å². The Bertz CT molecular complexity index is 772. The highest BCUT2D eigenvalue weighted by atomic mass is 32.2. The summed E-state index contributed by atoms with van der Waals surface area (Å²) in [6.45, 7) is 0. The summed E-state index contributed by atoms with van der Waals surface area (Å²) in [4.78, 5) is 11.8. The number of anilines is 1. The summed E-state index contributed by atoms with van der Waals surface area (Å²) in [5, 5.41) is 11.4. The van der Waals surface area contributed by atoms with Crippen LogP contribution in [0.2, 0.25) is 0 Å². The number of pyridine rings is 1. The second-order valence-electron chi connectivity index (χ2n) is 4.26. The van der Waals surface area contributed by atoms with Gasteiger partial charge in [-0.15, -0.1) is 10.2 Å². The number of hydrogen-bond donors (Lipinski definition) is 1. The highest BCUT2D eigenvalue weighted by Crippen LogP contribution is 2.17. The van der Waals surface area contributed by atoms with Gasteiger partial charge in [0.25, 0.3) is 0 Å². The fourth-order valence-corrected chi connectivity index (χ4v) is 2.50. The van der Waals surface area contributed by atoms with E-state index in [1.165, 1.54) is 36.0 Å². The molecule has 1 amide bonds. The van der Waals surface area contributed by atoms with E-state index in [1.807, 2.05) is 28.8 Å². The minimum atomic E-state index is -0.336. The molecule has 0 radical (unpaired) electrons. The minimum absolute atomic E-state index is 0.181. The topological polar surface area (TPSA) is 59.3 Å². The summed E-state index contributed by atoms with van der Waals surface area (Å²) in [7, 11) is 0. The number of carbonyl (C=O) groups is 1. The van der Waals surface area contributed by atoms with E-state index in [1.54, 1.807) is 0 Å². The third-order valence-corrected chi connectivity index (χ3v) is 3.69. The lowest BCUT2D eigenvalue weighted by molar-refractivity contribution is -0.113. The molecule has 0 fully saturated rings. The first-order valence-corrected chi connectivity index (χ1v) is 7.19. The molecule has 0 saturated heterocycles. The molecule has 0 atom stereocenters. The maximum atomic E-state index is 12.8. The van der Waals surface area contributed by atoms with Gasteiger partial charge in [0, 0.05) is 11.9 Å². The van der Waals surface area contributed by atoms with Crippen molar-refractivity contribution in [3.63, 3.8) is 0 Å². The van der Waals surface area contributed by atoms with Crippen molar-refractivity contribution in [2.45, 2.75) is 5.16 Å². The van der Waals surface area contributed by atoms with Crippen LogP contribution in [0.25, 0.3) is 5.65 Å². The third kappa shape index (κ3) is 3.19. The van der Waals surface area contributed by atoms with E-state index in [0.717, 1.165) is 5.65 Å². The number of hydrogen-bond acceptors (Lipinski definition) is 4. The van der Waals surface area contributed by atoms with Crippen LogP contribution in [0, 0.1) is 5.82 Å². The van der Waals surface area contributed by atoms with E-state index >= 15 is 0 Å². The Morgan fingerprint density at radius 2 is 2.00 bits per heavy atom. The van der Waals surface area contributed by atoms with Gasteiger partial charge in [-0.3, -0.25) is 9.20 Å². The molecule has 0 aliphatic carbocycles. The zero-order chi connectivity index (χ0) is 14.7. The molecule has 7 heteroatoms. The molecule has 1 N–H and O–H groups in total. The van der Waals surface area contributed by atoms with E-state index in [9.17, 15) is 9.18 Å². The fraction of sp³-hybridized carbons (Fsp3) is 0.0714. The van der Waals surface area contributed by atoms with Gasteiger partial charge >= 0.3 is 0 Å². The molecule has 0 bridgehead atoms. The van der Waals surface area contributed by atoms with Gasteiger partial charge in [-0.2, -0.15) is 0 Å². The van der Waals surface area contributed by atoms with Gasteiger partial charge in [-0.25, -0.2) is 4.39 Å². The van der Waals surface area contributed by atoms with Crippen LogP contribution in [0.15, 0.2) is 53.8 Å². The van der Waals surface area contributed by atoms with Crippen LogP contribution in [0.5, 0.6) is 0 Å². The molecule has 2 heterocycles. The molecule has 0 spiro atoms. The number of aromatic nitrogens is 3. The molecule has 5 nitrogen and oxygen atoms in total. The second kappa shape index (κ2) is 5.92. The van der Waals surface area contributed by atoms with Crippen LogP contribution in [-0.4, -0.2) is 26.3 Å². The lowest BCUT2D eigenvalue weighted by atomic mass is 10.3. The number of amides is 1. The molecule has 0 aliphatic rings. The Hall–Kier alpha value is -2.41. The van der Waals surface area contributed by atoms with E-state index in [-0.39, 0.29) is 17.5 Å². The van der Waals surface area contributed by atoms with Gasteiger partial charge in [-0.1, -0.05) is 17.8 Å². The molecule has 21 heavy (non-hydrogen) atoms. The summed E-state index contributed by atoms with van der Waals surface area (Å²) in [5.41, 5.74) is 1.30. The Morgan fingerprint density at radius 3 is 2.81 bits per heavy atom. The predicted octanol–water partition coefficient (Wildman–Crippen LogP) is 2.60. The van der Waals surface area contributed by atoms with Gasteiger partial charge in [0.05, 0.1) is 5.75 Å². The van der Waals surface area contributed by atoms with Gasteiger partial charge in [0.2, 0.25) is 5.91 Å². The Labute approximate surface area is 124 Å². The van der Waals surface area contributed by atoms with E-state index in [2.05, 4.69) is 15.5 Å². The maximum Gasteiger partial charge on any atom is 0.234 e. The van der Waals surface area contributed by atoms with Crippen molar-refractivity contribution in [1.29, 1.82) is 0 Å². The number of nitrogens with zero attached hydrogens (tertiary/aromatic N) is 3.